The van der Waals surface area contributed by atoms with Crippen LogP contribution in [0.25, 0.3) is 0 Å². The molecule has 0 amide bonds. The topological polar surface area (TPSA) is 38.7 Å². The monoisotopic (exact) mass is 289 g/mol. The van der Waals surface area contributed by atoms with E-state index in [1.165, 1.54) is 50.1 Å². The molecule has 0 aromatic heterocycles. The molecule has 3 rings (SSSR count). The van der Waals surface area contributed by atoms with Gasteiger partial charge in [-0.1, -0.05) is 6.07 Å². The molecule has 1 unspecified atom stereocenters. The highest BCUT2D eigenvalue weighted by molar-refractivity contribution is 5.38. The molecule has 1 atom stereocenters. The molecule has 1 aliphatic heterocycles. The molecule has 0 spiro atoms. The fourth-order valence-corrected chi connectivity index (χ4v) is 3.47. The first-order valence-electron chi connectivity index (χ1n) is 8.18. The van der Waals surface area contributed by atoms with E-state index in [9.17, 15) is 5.11 Å². The molecule has 0 saturated carbocycles. The Labute approximate surface area is 127 Å². The Morgan fingerprint density at radius 2 is 2.05 bits per heavy atom. The normalized spacial score (nSPS) is 24.0. The van der Waals surface area contributed by atoms with Gasteiger partial charge < -0.3 is 15.3 Å². The van der Waals surface area contributed by atoms with Crippen LogP contribution in [0.4, 0.5) is 0 Å². The lowest BCUT2D eigenvalue weighted by atomic mass is 9.87. The van der Waals surface area contributed by atoms with Gasteiger partial charge in [0.05, 0.1) is 0 Å². The van der Waals surface area contributed by atoms with Gasteiger partial charge in [0.1, 0.15) is 5.75 Å². The summed E-state index contributed by atoms with van der Waals surface area (Å²) in [5, 5.41) is 13.4. The van der Waals surface area contributed by atoms with Crippen LogP contribution in [0.1, 0.15) is 30.0 Å². The van der Waals surface area contributed by atoms with Crippen LogP contribution in [0.2, 0.25) is 0 Å². The number of hydrogen-bond donors (Lipinski definition) is 2. The Bertz CT molecular complexity index is 469. The van der Waals surface area contributed by atoms with E-state index in [-0.39, 0.29) is 0 Å². The van der Waals surface area contributed by atoms with Gasteiger partial charge in [0.25, 0.3) is 0 Å². The van der Waals surface area contributed by atoms with Gasteiger partial charge in [0, 0.05) is 45.3 Å². The van der Waals surface area contributed by atoms with E-state index in [1.807, 2.05) is 12.1 Å². The van der Waals surface area contributed by atoms with Crippen molar-refractivity contribution in [3.05, 3.63) is 29.3 Å². The molecule has 4 heteroatoms. The Balaban J connectivity index is 1.51. The average Bonchev–Trinajstić information content (AvgIpc) is 2.50. The van der Waals surface area contributed by atoms with Crippen LogP contribution in [0.15, 0.2) is 18.2 Å². The van der Waals surface area contributed by atoms with Gasteiger partial charge in [-0.15, -0.1) is 0 Å². The number of benzene rings is 1. The molecule has 4 nitrogen and oxygen atoms in total. The number of phenolic OH excluding ortho intramolecular Hbond substituents is 1. The summed E-state index contributed by atoms with van der Waals surface area (Å²) in [5.74, 6) is 0.390. The van der Waals surface area contributed by atoms with Gasteiger partial charge >= 0.3 is 0 Å². The van der Waals surface area contributed by atoms with Crippen LogP contribution in [-0.4, -0.2) is 61.2 Å². The maximum atomic E-state index is 9.72. The van der Waals surface area contributed by atoms with Crippen molar-refractivity contribution in [3.8, 4) is 5.75 Å². The number of phenols is 1. The minimum absolute atomic E-state index is 0.390. The molecule has 2 N–H and O–H groups in total. The third-order valence-electron chi connectivity index (χ3n) is 4.86. The number of fused-ring (bicyclic) bond motifs is 1. The van der Waals surface area contributed by atoms with E-state index in [1.54, 1.807) is 0 Å². The zero-order valence-corrected chi connectivity index (χ0v) is 13.0. The van der Waals surface area contributed by atoms with Crippen molar-refractivity contribution in [1.82, 2.24) is 15.1 Å². The minimum Gasteiger partial charge on any atom is -0.508 e. The fraction of sp³-hybridized carbons (Fsp3) is 0.647. The van der Waals surface area contributed by atoms with Gasteiger partial charge in [-0.2, -0.15) is 0 Å². The van der Waals surface area contributed by atoms with Crippen molar-refractivity contribution in [1.29, 1.82) is 0 Å². The van der Waals surface area contributed by atoms with Crippen molar-refractivity contribution in [2.45, 2.75) is 25.3 Å². The minimum atomic E-state index is 0.390. The number of nitrogens with zero attached hydrogens (tertiary/aromatic N) is 2. The molecule has 116 valence electrons. The van der Waals surface area contributed by atoms with Crippen molar-refractivity contribution in [2.24, 2.45) is 0 Å². The quantitative estimate of drug-likeness (QED) is 0.883. The Hall–Kier alpha value is -1.10. The Morgan fingerprint density at radius 1 is 1.24 bits per heavy atom. The standard InChI is InChI=1S/C17H27N3O/c1-19-9-11-20(12-10-19)8-7-18-17-4-2-3-14-5-6-15(21)13-16(14)17/h5-6,13,17-18,21H,2-4,7-12H2,1H3. The molecular formula is C17H27N3O. The third-order valence-corrected chi connectivity index (χ3v) is 4.86. The SMILES string of the molecule is CN1CCN(CCNC2CCCc3ccc(O)cc32)CC1. The smallest absolute Gasteiger partial charge is 0.115 e. The third kappa shape index (κ3) is 3.76. The van der Waals surface area contributed by atoms with E-state index >= 15 is 0 Å². The van der Waals surface area contributed by atoms with Crippen LogP contribution in [0.3, 0.4) is 0 Å². The number of hydrogen-bond acceptors (Lipinski definition) is 4. The summed E-state index contributed by atoms with van der Waals surface area (Å²) in [6, 6.07) is 6.25. The number of likely N-dealkylation sites (N-methyl/N-ethyl adjacent to an activating group) is 1. The first-order chi connectivity index (χ1) is 10.2. The highest BCUT2D eigenvalue weighted by Gasteiger charge is 2.20. The lowest BCUT2D eigenvalue weighted by molar-refractivity contribution is 0.153. The predicted octanol–water partition coefficient (Wildman–Crippen LogP) is 1.61. The molecule has 0 bridgehead atoms. The van der Waals surface area contributed by atoms with Crippen molar-refractivity contribution in [3.63, 3.8) is 0 Å². The molecule has 1 aromatic carbocycles. The number of piperazine rings is 1. The molecule has 21 heavy (non-hydrogen) atoms. The van der Waals surface area contributed by atoms with Gasteiger partial charge in [0.15, 0.2) is 0 Å². The Kier molecular flexibility index (Phi) is 4.78. The summed E-state index contributed by atoms with van der Waals surface area (Å²) in [6.07, 6.45) is 3.56. The summed E-state index contributed by atoms with van der Waals surface area (Å²) in [5.41, 5.74) is 2.70. The molecule has 1 aromatic rings. The summed E-state index contributed by atoms with van der Waals surface area (Å²) < 4.78 is 0. The molecule has 0 radical (unpaired) electrons. The van der Waals surface area contributed by atoms with Crippen LogP contribution >= 0.6 is 0 Å². The van der Waals surface area contributed by atoms with Crippen LogP contribution in [0, 0.1) is 0 Å². The second-order valence-corrected chi connectivity index (χ2v) is 6.43. The van der Waals surface area contributed by atoms with Gasteiger partial charge in [0.2, 0.25) is 0 Å². The van der Waals surface area contributed by atoms with Gasteiger partial charge in [-0.3, -0.25) is 4.90 Å². The Morgan fingerprint density at radius 3 is 2.86 bits per heavy atom. The molecule has 1 saturated heterocycles. The highest BCUT2D eigenvalue weighted by atomic mass is 16.3. The molecular weight excluding hydrogens is 262 g/mol. The molecule has 1 heterocycles. The molecule has 1 fully saturated rings. The van der Waals surface area contributed by atoms with Crippen molar-refractivity contribution in [2.75, 3.05) is 46.3 Å². The zero-order valence-electron chi connectivity index (χ0n) is 13.0. The summed E-state index contributed by atoms with van der Waals surface area (Å²) in [6.45, 7) is 6.88. The zero-order chi connectivity index (χ0) is 14.7. The summed E-state index contributed by atoms with van der Waals surface area (Å²) in [7, 11) is 2.20. The average molecular weight is 289 g/mol. The maximum Gasteiger partial charge on any atom is 0.115 e. The largest absolute Gasteiger partial charge is 0.508 e. The van der Waals surface area contributed by atoms with Gasteiger partial charge in [-0.05, 0) is 49.6 Å². The lowest BCUT2D eigenvalue weighted by Crippen LogP contribution is -2.46. The fourth-order valence-electron chi connectivity index (χ4n) is 3.47. The van der Waals surface area contributed by atoms with E-state index in [0.29, 0.717) is 11.8 Å². The molecule has 1 aliphatic carbocycles. The lowest BCUT2D eigenvalue weighted by Gasteiger charge is -2.33. The number of aryl methyl sites for hydroxylation is 1. The summed E-state index contributed by atoms with van der Waals surface area (Å²) >= 11 is 0. The van der Waals surface area contributed by atoms with Crippen molar-refractivity contribution < 1.29 is 5.11 Å². The van der Waals surface area contributed by atoms with Crippen LogP contribution in [-0.2, 0) is 6.42 Å². The van der Waals surface area contributed by atoms with Crippen LogP contribution in [0.5, 0.6) is 5.75 Å². The first-order valence-corrected chi connectivity index (χ1v) is 8.18. The first kappa shape index (κ1) is 14.8. The van der Waals surface area contributed by atoms with Gasteiger partial charge in [-0.25, -0.2) is 0 Å². The van der Waals surface area contributed by atoms with E-state index in [2.05, 4.69) is 28.2 Å². The number of aromatic hydroxyl groups is 1. The van der Waals surface area contributed by atoms with E-state index in [4.69, 9.17) is 0 Å². The second-order valence-electron chi connectivity index (χ2n) is 6.43. The maximum absolute atomic E-state index is 9.72. The van der Waals surface area contributed by atoms with E-state index in [0.717, 1.165) is 19.5 Å². The highest BCUT2D eigenvalue weighted by Crippen LogP contribution is 2.31. The van der Waals surface area contributed by atoms with E-state index < -0.39 is 0 Å². The molecule has 2 aliphatic rings. The number of rotatable bonds is 4. The summed E-state index contributed by atoms with van der Waals surface area (Å²) in [4.78, 5) is 4.93. The van der Waals surface area contributed by atoms with Crippen LogP contribution < -0.4 is 5.32 Å². The number of nitrogens with one attached hydrogen (secondary N) is 1. The van der Waals surface area contributed by atoms with Crippen molar-refractivity contribution >= 4 is 0 Å². The second kappa shape index (κ2) is 6.77. The predicted molar refractivity (Wildman–Crippen MR) is 85.7 cm³/mol.